The molecule has 106 valence electrons. The van der Waals surface area contributed by atoms with Gasteiger partial charge in [-0.2, -0.15) is 0 Å². The molecule has 4 nitrogen and oxygen atoms in total. The van der Waals surface area contributed by atoms with E-state index < -0.39 is 0 Å². The van der Waals surface area contributed by atoms with E-state index in [1.165, 1.54) is 0 Å². The quantitative estimate of drug-likeness (QED) is 0.908. The maximum atomic E-state index is 12.1. The SMILES string of the molecule is CC(C)Cc1cc(C(=O)N[C@H](C)c2ccccc2)no1. The second kappa shape index (κ2) is 6.37. The minimum absolute atomic E-state index is 0.0612. The lowest BCUT2D eigenvalue weighted by molar-refractivity contribution is 0.0930. The smallest absolute Gasteiger partial charge is 0.273 e. The Labute approximate surface area is 119 Å². The van der Waals surface area contributed by atoms with E-state index in [0.717, 1.165) is 17.7 Å². The Morgan fingerprint density at radius 2 is 1.95 bits per heavy atom. The molecule has 1 heterocycles. The van der Waals surface area contributed by atoms with E-state index in [1.54, 1.807) is 6.07 Å². The molecule has 1 aromatic carbocycles. The van der Waals surface area contributed by atoms with Crippen molar-refractivity contribution in [2.45, 2.75) is 33.2 Å². The summed E-state index contributed by atoms with van der Waals surface area (Å²) >= 11 is 0. The Hall–Kier alpha value is -2.10. The highest BCUT2D eigenvalue weighted by molar-refractivity contribution is 5.92. The van der Waals surface area contributed by atoms with E-state index in [-0.39, 0.29) is 11.9 Å². The molecule has 2 aromatic rings. The van der Waals surface area contributed by atoms with Crippen molar-refractivity contribution in [1.29, 1.82) is 0 Å². The van der Waals surface area contributed by atoms with E-state index in [0.29, 0.717) is 11.6 Å². The summed E-state index contributed by atoms with van der Waals surface area (Å²) in [5.74, 6) is 1.01. The molecular formula is C16H20N2O2. The molecule has 20 heavy (non-hydrogen) atoms. The summed E-state index contributed by atoms with van der Waals surface area (Å²) in [5.41, 5.74) is 1.40. The molecule has 0 bridgehead atoms. The van der Waals surface area contributed by atoms with Gasteiger partial charge in [0.05, 0.1) is 6.04 Å². The van der Waals surface area contributed by atoms with Crippen LogP contribution in [0.4, 0.5) is 0 Å². The van der Waals surface area contributed by atoms with Gasteiger partial charge in [0.2, 0.25) is 0 Å². The van der Waals surface area contributed by atoms with E-state index in [9.17, 15) is 4.79 Å². The number of carbonyl (C=O) groups is 1. The zero-order valence-corrected chi connectivity index (χ0v) is 12.1. The first-order chi connectivity index (χ1) is 9.56. The molecule has 0 aliphatic heterocycles. The molecule has 0 spiro atoms. The number of aromatic nitrogens is 1. The van der Waals surface area contributed by atoms with Crippen molar-refractivity contribution in [2.24, 2.45) is 5.92 Å². The van der Waals surface area contributed by atoms with Crippen molar-refractivity contribution >= 4 is 5.91 Å². The standard InChI is InChI=1S/C16H20N2O2/c1-11(2)9-14-10-15(18-20-14)16(19)17-12(3)13-7-5-4-6-8-13/h4-8,10-12H,9H2,1-3H3,(H,17,19)/t12-/m1/s1. The second-order valence-corrected chi connectivity index (χ2v) is 5.38. The van der Waals surface area contributed by atoms with Crippen LogP contribution in [0.1, 0.15) is 48.6 Å². The maximum absolute atomic E-state index is 12.1. The van der Waals surface area contributed by atoms with Gasteiger partial charge < -0.3 is 9.84 Å². The molecule has 0 unspecified atom stereocenters. The molecular weight excluding hydrogens is 252 g/mol. The van der Waals surface area contributed by atoms with Crippen LogP contribution in [0.3, 0.4) is 0 Å². The fourth-order valence-corrected chi connectivity index (χ4v) is 2.01. The van der Waals surface area contributed by atoms with E-state index in [1.807, 2.05) is 37.3 Å². The zero-order valence-electron chi connectivity index (χ0n) is 12.1. The number of nitrogens with zero attached hydrogens (tertiary/aromatic N) is 1. The number of nitrogens with one attached hydrogen (secondary N) is 1. The van der Waals surface area contributed by atoms with Crippen LogP contribution in [0.25, 0.3) is 0 Å². The lowest BCUT2D eigenvalue weighted by Gasteiger charge is -2.12. The summed E-state index contributed by atoms with van der Waals surface area (Å²) in [5, 5.41) is 6.75. The Morgan fingerprint density at radius 3 is 2.60 bits per heavy atom. The topological polar surface area (TPSA) is 55.1 Å². The summed E-state index contributed by atoms with van der Waals surface area (Å²) in [6, 6.07) is 11.5. The molecule has 0 aliphatic rings. The van der Waals surface area contributed by atoms with Crippen molar-refractivity contribution in [3.05, 3.63) is 53.4 Å². The number of rotatable bonds is 5. The molecule has 0 aliphatic carbocycles. The maximum Gasteiger partial charge on any atom is 0.273 e. The highest BCUT2D eigenvalue weighted by Crippen LogP contribution is 2.13. The van der Waals surface area contributed by atoms with E-state index >= 15 is 0 Å². The first kappa shape index (κ1) is 14.3. The summed E-state index contributed by atoms with van der Waals surface area (Å²) in [7, 11) is 0. The number of benzene rings is 1. The van der Waals surface area contributed by atoms with Crippen LogP contribution < -0.4 is 5.32 Å². The average Bonchev–Trinajstić information content (AvgIpc) is 2.87. The first-order valence-electron chi connectivity index (χ1n) is 6.87. The first-order valence-corrected chi connectivity index (χ1v) is 6.87. The molecule has 1 amide bonds. The summed E-state index contributed by atoms with van der Waals surface area (Å²) in [4.78, 5) is 12.1. The minimum atomic E-state index is -0.208. The molecule has 0 radical (unpaired) electrons. The van der Waals surface area contributed by atoms with Crippen molar-refractivity contribution in [1.82, 2.24) is 10.5 Å². The van der Waals surface area contributed by atoms with Gasteiger partial charge in [-0.25, -0.2) is 0 Å². The average molecular weight is 272 g/mol. The van der Waals surface area contributed by atoms with Gasteiger partial charge in [0.15, 0.2) is 5.69 Å². The van der Waals surface area contributed by atoms with Gasteiger partial charge in [-0.05, 0) is 18.4 Å². The Bertz CT molecular complexity index is 561. The van der Waals surface area contributed by atoms with Gasteiger partial charge >= 0.3 is 0 Å². The number of amides is 1. The summed E-state index contributed by atoms with van der Waals surface area (Å²) in [6.45, 7) is 6.14. The molecule has 1 aromatic heterocycles. The normalized spacial score (nSPS) is 12.4. The van der Waals surface area contributed by atoms with Crippen LogP contribution in [0.2, 0.25) is 0 Å². The van der Waals surface area contributed by atoms with Crippen LogP contribution in [-0.2, 0) is 6.42 Å². The highest BCUT2D eigenvalue weighted by atomic mass is 16.5. The second-order valence-electron chi connectivity index (χ2n) is 5.38. The summed E-state index contributed by atoms with van der Waals surface area (Å²) in [6.07, 6.45) is 0.786. The van der Waals surface area contributed by atoms with Gasteiger partial charge in [-0.15, -0.1) is 0 Å². The van der Waals surface area contributed by atoms with Crippen molar-refractivity contribution in [2.75, 3.05) is 0 Å². The van der Waals surface area contributed by atoms with Gasteiger partial charge in [-0.1, -0.05) is 49.3 Å². The van der Waals surface area contributed by atoms with Gasteiger partial charge in [0, 0.05) is 12.5 Å². The lowest BCUT2D eigenvalue weighted by Crippen LogP contribution is -2.26. The molecule has 1 N–H and O–H groups in total. The number of hydrogen-bond donors (Lipinski definition) is 1. The lowest BCUT2D eigenvalue weighted by atomic mass is 10.1. The minimum Gasteiger partial charge on any atom is -0.361 e. The number of hydrogen-bond acceptors (Lipinski definition) is 3. The molecule has 2 rings (SSSR count). The Balaban J connectivity index is 1.99. The number of carbonyl (C=O) groups excluding carboxylic acids is 1. The summed E-state index contributed by atoms with van der Waals surface area (Å²) < 4.78 is 5.17. The molecule has 4 heteroatoms. The van der Waals surface area contributed by atoms with Gasteiger partial charge in [0.1, 0.15) is 5.76 Å². The monoisotopic (exact) mass is 272 g/mol. The van der Waals surface area contributed by atoms with Crippen LogP contribution in [0, 0.1) is 5.92 Å². The third-order valence-corrected chi connectivity index (χ3v) is 3.05. The van der Waals surface area contributed by atoms with Crippen LogP contribution in [0.15, 0.2) is 40.9 Å². The van der Waals surface area contributed by atoms with Crippen molar-refractivity contribution in [3.8, 4) is 0 Å². The fraction of sp³-hybridized carbons (Fsp3) is 0.375. The van der Waals surface area contributed by atoms with Crippen molar-refractivity contribution in [3.63, 3.8) is 0 Å². The molecule has 0 fully saturated rings. The zero-order chi connectivity index (χ0) is 14.5. The van der Waals surface area contributed by atoms with E-state index in [4.69, 9.17) is 4.52 Å². The third kappa shape index (κ3) is 3.70. The predicted molar refractivity (Wildman–Crippen MR) is 77.4 cm³/mol. The Kier molecular flexibility index (Phi) is 4.56. The predicted octanol–water partition coefficient (Wildman–Crippen LogP) is 3.36. The van der Waals surface area contributed by atoms with Crippen LogP contribution in [0.5, 0.6) is 0 Å². The molecule has 0 saturated carbocycles. The highest BCUT2D eigenvalue weighted by Gasteiger charge is 2.16. The van der Waals surface area contributed by atoms with Gasteiger partial charge in [0.25, 0.3) is 5.91 Å². The van der Waals surface area contributed by atoms with Crippen LogP contribution >= 0.6 is 0 Å². The van der Waals surface area contributed by atoms with E-state index in [2.05, 4.69) is 24.3 Å². The molecule has 0 saturated heterocycles. The van der Waals surface area contributed by atoms with Gasteiger partial charge in [-0.3, -0.25) is 4.79 Å². The largest absolute Gasteiger partial charge is 0.361 e. The van der Waals surface area contributed by atoms with Crippen molar-refractivity contribution < 1.29 is 9.32 Å². The third-order valence-electron chi connectivity index (χ3n) is 3.05. The fourth-order valence-electron chi connectivity index (χ4n) is 2.01. The Morgan fingerprint density at radius 1 is 1.25 bits per heavy atom. The molecule has 1 atom stereocenters. The van der Waals surface area contributed by atoms with Crippen LogP contribution in [-0.4, -0.2) is 11.1 Å².